The van der Waals surface area contributed by atoms with Crippen molar-refractivity contribution >= 4 is 23.5 Å². The first-order chi connectivity index (χ1) is 13.5. The quantitative estimate of drug-likeness (QED) is 0.708. The van der Waals surface area contributed by atoms with Gasteiger partial charge in [-0.25, -0.2) is 4.79 Å². The van der Waals surface area contributed by atoms with Gasteiger partial charge in [0.25, 0.3) is 11.8 Å². The second-order valence-corrected chi connectivity index (χ2v) is 5.91. The summed E-state index contributed by atoms with van der Waals surface area (Å²) in [6.45, 7) is 4.68. The first-order valence-electron chi connectivity index (χ1n) is 8.98. The van der Waals surface area contributed by atoms with E-state index < -0.39 is 18.5 Å². The van der Waals surface area contributed by atoms with Gasteiger partial charge in [-0.3, -0.25) is 9.59 Å². The highest BCUT2D eigenvalue weighted by Crippen LogP contribution is 2.14. The molecule has 1 N–H and O–H groups in total. The Bertz CT molecular complexity index is 829. The van der Waals surface area contributed by atoms with Crippen molar-refractivity contribution in [3.63, 3.8) is 0 Å². The summed E-state index contributed by atoms with van der Waals surface area (Å²) in [7, 11) is 1.50. The lowest BCUT2D eigenvalue weighted by molar-refractivity contribution is -0.119. The van der Waals surface area contributed by atoms with Crippen molar-refractivity contribution in [3.8, 4) is 5.75 Å². The fraction of sp³-hybridized carbons (Fsp3) is 0.286. The van der Waals surface area contributed by atoms with E-state index in [1.165, 1.54) is 13.2 Å². The number of ether oxygens (including phenoxy) is 2. The van der Waals surface area contributed by atoms with Crippen LogP contribution in [0.15, 0.2) is 48.5 Å². The summed E-state index contributed by atoms with van der Waals surface area (Å²) in [6, 6.07) is 13.1. The average Bonchev–Trinajstić information content (AvgIpc) is 2.73. The molecule has 0 heterocycles. The van der Waals surface area contributed by atoms with Crippen LogP contribution >= 0.6 is 0 Å². The van der Waals surface area contributed by atoms with Crippen LogP contribution in [0.1, 0.15) is 34.6 Å². The van der Waals surface area contributed by atoms with E-state index in [0.717, 1.165) is 0 Å². The molecule has 2 rings (SSSR count). The van der Waals surface area contributed by atoms with Crippen LogP contribution in [0.4, 0.5) is 5.69 Å². The molecule has 2 amide bonds. The molecule has 0 aliphatic rings. The van der Waals surface area contributed by atoms with E-state index in [4.69, 9.17) is 9.47 Å². The third kappa shape index (κ3) is 5.57. The van der Waals surface area contributed by atoms with E-state index in [1.807, 2.05) is 13.8 Å². The zero-order valence-electron chi connectivity index (χ0n) is 16.2. The minimum atomic E-state index is -0.616. The maximum absolute atomic E-state index is 12.3. The van der Waals surface area contributed by atoms with Gasteiger partial charge < -0.3 is 19.7 Å². The Hall–Kier alpha value is -3.35. The molecule has 0 spiro atoms. The van der Waals surface area contributed by atoms with Crippen LogP contribution in [0.25, 0.3) is 0 Å². The summed E-state index contributed by atoms with van der Waals surface area (Å²) in [5.74, 6) is -0.623. The molecule has 148 valence electrons. The number of nitrogens with one attached hydrogen (secondary N) is 1. The normalized spacial score (nSPS) is 10.1. The van der Waals surface area contributed by atoms with Crippen LogP contribution in [0.3, 0.4) is 0 Å². The fourth-order valence-corrected chi connectivity index (χ4v) is 2.55. The number of carbonyl (C=O) groups excluding carboxylic acids is 3. The molecule has 0 aliphatic carbocycles. The first kappa shape index (κ1) is 21.0. The third-order valence-electron chi connectivity index (χ3n) is 4.11. The summed E-state index contributed by atoms with van der Waals surface area (Å²) in [4.78, 5) is 38.0. The monoisotopic (exact) mass is 384 g/mol. The van der Waals surface area contributed by atoms with E-state index in [1.54, 1.807) is 47.4 Å². The summed E-state index contributed by atoms with van der Waals surface area (Å²) < 4.78 is 10.1. The molecule has 0 saturated carbocycles. The van der Waals surface area contributed by atoms with Crippen LogP contribution in [0.5, 0.6) is 5.75 Å². The predicted octanol–water partition coefficient (Wildman–Crippen LogP) is 2.97. The van der Waals surface area contributed by atoms with Crippen molar-refractivity contribution in [2.75, 3.05) is 32.1 Å². The number of hydrogen-bond acceptors (Lipinski definition) is 5. The molecule has 0 fully saturated rings. The number of anilines is 1. The van der Waals surface area contributed by atoms with Gasteiger partial charge in [0.2, 0.25) is 0 Å². The average molecular weight is 384 g/mol. The molecule has 0 atom stereocenters. The Balaban J connectivity index is 1.89. The van der Waals surface area contributed by atoms with Crippen molar-refractivity contribution in [1.82, 2.24) is 4.90 Å². The van der Waals surface area contributed by atoms with E-state index in [9.17, 15) is 14.4 Å². The number of amides is 2. The van der Waals surface area contributed by atoms with E-state index in [2.05, 4.69) is 5.32 Å². The molecule has 2 aromatic carbocycles. The second kappa shape index (κ2) is 10.1. The Morgan fingerprint density at radius 3 is 2.25 bits per heavy atom. The zero-order chi connectivity index (χ0) is 20.5. The summed E-state index contributed by atoms with van der Waals surface area (Å²) in [5, 5.41) is 2.63. The number of rotatable bonds is 8. The summed E-state index contributed by atoms with van der Waals surface area (Å²) in [6.07, 6.45) is 0. The lowest BCUT2D eigenvalue weighted by atomic mass is 10.2. The van der Waals surface area contributed by atoms with Crippen molar-refractivity contribution < 1.29 is 23.9 Å². The van der Waals surface area contributed by atoms with Crippen LogP contribution in [0.2, 0.25) is 0 Å². The van der Waals surface area contributed by atoms with Gasteiger partial charge in [0.15, 0.2) is 6.61 Å². The van der Waals surface area contributed by atoms with Crippen LogP contribution in [-0.2, 0) is 9.53 Å². The number of hydrogen-bond donors (Lipinski definition) is 1. The van der Waals surface area contributed by atoms with Gasteiger partial charge in [0.05, 0.1) is 12.7 Å². The lowest BCUT2D eigenvalue weighted by Gasteiger charge is -2.18. The minimum Gasteiger partial charge on any atom is -0.497 e. The first-order valence-corrected chi connectivity index (χ1v) is 8.98. The molecule has 0 radical (unpaired) electrons. The topological polar surface area (TPSA) is 84.9 Å². The molecule has 0 saturated heterocycles. The van der Waals surface area contributed by atoms with Crippen LogP contribution in [-0.4, -0.2) is 49.5 Å². The molecular formula is C21H24N2O5. The maximum Gasteiger partial charge on any atom is 0.338 e. The highest BCUT2D eigenvalue weighted by atomic mass is 16.5. The van der Waals surface area contributed by atoms with E-state index in [-0.39, 0.29) is 5.91 Å². The smallest absolute Gasteiger partial charge is 0.338 e. The van der Waals surface area contributed by atoms with Crippen molar-refractivity contribution in [2.45, 2.75) is 13.8 Å². The summed E-state index contributed by atoms with van der Waals surface area (Å²) >= 11 is 0. The van der Waals surface area contributed by atoms with Crippen LogP contribution in [0, 0.1) is 0 Å². The lowest BCUT2D eigenvalue weighted by Crippen LogP contribution is -2.30. The molecule has 7 heteroatoms. The summed E-state index contributed by atoms with van der Waals surface area (Å²) in [5.41, 5.74) is 1.36. The van der Waals surface area contributed by atoms with Gasteiger partial charge in [0.1, 0.15) is 5.75 Å². The van der Waals surface area contributed by atoms with Gasteiger partial charge in [-0.05, 0) is 56.3 Å². The second-order valence-electron chi connectivity index (χ2n) is 5.91. The molecule has 0 aromatic heterocycles. The molecule has 2 aromatic rings. The third-order valence-corrected chi connectivity index (χ3v) is 4.11. The van der Waals surface area contributed by atoms with Crippen molar-refractivity contribution in [2.24, 2.45) is 0 Å². The van der Waals surface area contributed by atoms with E-state index in [0.29, 0.717) is 35.7 Å². The largest absolute Gasteiger partial charge is 0.497 e. The number of methoxy groups -OCH3 is 1. The highest BCUT2D eigenvalue weighted by Gasteiger charge is 2.13. The Kier molecular flexibility index (Phi) is 7.56. The molecule has 0 aliphatic heterocycles. The SMILES string of the molecule is CCN(CC)C(=O)c1ccc(NC(=O)COC(=O)c2cccc(OC)c2)cc1. The van der Waals surface area contributed by atoms with Gasteiger partial charge in [-0.15, -0.1) is 0 Å². The number of benzene rings is 2. The Morgan fingerprint density at radius 1 is 0.964 bits per heavy atom. The van der Waals surface area contributed by atoms with Crippen molar-refractivity contribution in [3.05, 3.63) is 59.7 Å². The van der Waals surface area contributed by atoms with Gasteiger partial charge in [0, 0.05) is 24.3 Å². The maximum atomic E-state index is 12.3. The minimum absolute atomic E-state index is 0.0601. The van der Waals surface area contributed by atoms with Gasteiger partial charge in [-0.2, -0.15) is 0 Å². The Labute approximate surface area is 164 Å². The van der Waals surface area contributed by atoms with Crippen molar-refractivity contribution in [1.29, 1.82) is 0 Å². The molecule has 0 unspecified atom stereocenters. The Morgan fingerprint density at radius 2 is 1.64 bits per heavy atom. The van der Waals surface area contributed by atoms with Crippen LogP contribution < -0.4 is 10.1 Å². The molecular weight excluding hydrogens is 360 g/mol. The predicted molar refractivity (Wildman–Crippen MR) is 106 cm³/mol. The fourth-order valence-electron chi connectivity index (χ4n) is 2.55. The van der Waals surface area contributed by atoms with E-state index >= 15 is 0 Å². The van der Waals surface area contributed by atoms with Gasteiger partial charge in [-0.1, -0.05) is 6.07 Å². The highest BCUT2D eigenvalue weighted by molar-refractivity contribution is 5.97. The molecule has 0 bridgehead atoms. The number of carbonyl (C=O) groups is 3. The number of nitrogens with zero attached hydrogens (tertiary/aromatic N) is 1. The molecule has 28 heavy (non-hydrogen) atoms. The number of esters is 1. The standard InChI is InChI=1S/C21H24N2O5/c1-4-23(5-2)20(25)15-9-11-17(12-10-15)22-19(24)14-28-21(26)16-7-6-8-18(13-16)27-3/h6-13H,4-5,14H2,1-3H3,(H,22,24). The molecule has 7 nitrogen and oxygen atoms in total. The zero-order valence-corrected chi connectivity index (χ0v) is 16.2. The van der Waals surface area contributed by atoms with Gasteiger partial charge >= 0.3 is 5.97 Å².